The summed E-state index contributed by atoms with van der Waals surface area (Å²) in [6.07, 6.45) is 3.59. The normalized spacial score (nSPS) is 16.2. The Morgan fingerprint density at radius 3 is 2.74 bits per heavy atom. The van der Waals surface area contributed by atoms with Gasteiger partial charge < -0.3 is 10.3 Å². The standard InChI is InChI=1S/C16H23N3/c1-16(2,8-9-17)12-6-7-13-14(10-12)19(3)15(18-13)11-4-5-11/h6-7,10-11H,4-5,8-9,17H2,1-3H3. The maximum Gasteiger partial charge on any atom is 0.112 e. The highest BCUT2D eigenvalue weighted by Gasteiger charge is 2.29. The molecule has 1 aliphatic carbocycles. The van der Waals surface area contributed by atoms with Crippen LogP contribution in [-0.2, 0) is 12.5 Å². The van der Waals surface area contributed by atoms with Crippen LogP contribution in [0.5, 0.6) is 0 Å². The molecular weight excluding hydrogens is 234 g/mol. The van der Waals surface area contributed by atoms with Crippen molar-refractivity contribution >= 4 is 11.0 Å². The van der Waals surface area contributed by atoms with Crippen LogP contribution in [0.1, 0.15) is 50.4 Å². The molecule has 3 heteroatoms. The fraction of sp³-hybridized carbons (Fsp3) is 0.562. The fourth-order valence-electron chi connectivity index (χ4n) is 2.84. The first-order valence-corrected chi connectivity index (χ1v) is 7.20. The van der Waals surface area contributed by atoms with Crippen molar-refractivity contribution in [3.05, 3.63) is 29.6 Å². The van der Waals surface area contributed by atoms with Gasteiger partial charge in [-0.05, 0) is 48.9 Å². The molecule has 2 aromatic rings. The van der Waals surface area contributed by atoms with Gasteiger partial charge in [0, 0.05) is 13.0 Å². The molecule has 1 heterocycles. The number of nitrogens with zero attached hydrogens (tertiary/aromatic N) is 2. The van der Waals surface area contributed by atoms with Gasteiger partial charge in [-0.15, -0.1) is 0 Å². The largest absolute Gasteiger partial charge is 0.331 e. The van der Waals surface area contributed by atoms with E-state index in [4.69, 9.17) is 10.7 Å². The van der Waals surface area contributed by atoms with Gasteiger partial charge in [-0.3, -0.25) is 0 Å². The fourth-order valence-corrected chi connectivity index (χ4v) is 2.84. The van der Waals surface area contributed by atoms with E-state index < -0.39 is 0 Å². The summed E-state index contributed by atoms with van der Waals surface area (Å²) >= 11 is 0. The molecule has 1 fully saturated rings. The second-order valence-electron chi connectivity index (χ2n) is 6.43. The van der Waals surface area contributed by atoms with Crippen LogP contribution in [-0.4, -0.2) is 16.1 Å². The second kappa shape index (κ2) is 4.34. The van der Waals surface area contributed by atoms with E-state index in [0.717, 1.165) is 18.5 Å². The molecule has 3 nitrogen and oxygen atoms in total. The monoisotopic (exact) mass is 257 g/mol. The summed E-state index contributed by atoms with van der Waals surface area (Å²) in [6, 6.07) is 6.67. The van der Waals surface area contributed by atoms with Gasteiger partial charge in [0.05, 0.1) is 11.0 Å². The summed E-state index contributed by atoms with van der Waals surface area (Å²) in [5.41, 5.74) is 9.59. The average Bonchev–Trinajstić information content (AvgIpc) is 3.15. The van der Waals surface area contributed by atoms with E-state index in [1.165, 1.54) is 29.7 Å². The summed E-state index contributed by atoms with van der Waals surface area (Å²) in [7, 11) is 2.14. The van der Waals surface area contributed by atoms with Crippen molar-refractivity contribution in [2.45, 2.75) is 44.4 Å². The highest BCUT2D eigenvalue weighted by atomic mass is 15.1. The maximum atomic E-state index is 5.73. The van der Waals surface area contributed by atoms with Crippen molar-refractivity contribution in [3.63, 3.8) is 0 Å². The number of fused-ring (bicyclic) bond motifs is 1. The van der Waals surface area contributed by atoms with Crippen LogP contribution in [0, 0.1) is 0 Å². The lowest BCUT2D eigenvalue weighted by Crippen LogP contribution is -2.21. The molecule has 1 aliphatic rings. The molecule has 0 aliphatic heterocycles. The van der Waals surface area contributed by atoms with Gasteiger partial charge in [-0.1, -0.05) is 19.9 Å². The molecule has 1 aromatic carbocycles. The molecule has 0 radical (unpaired) electrons. The van der Waals surface area contributed by atoms with Crippen LogP contribution in [0.2, 0.25) is 0 Å². The van der Waals surface area contributed by atoms with Gasteiger partial charge in [-0.2, -0.15) is 0 Å². The first kappa shape index (κ1) is 12.7. The van der Waals surface area contributed by atoms with Crippen LogP contribution in [0.4, 0.5) is 0 Å². The third kappa shape index (κ3) is 2.16. The quantitative estimate of drug-likeness (QED) is 0.914. The lowest BCUT2D eigenvalue weighted by Gasteiger charge is -2.24. The Bertz CT molecular complexity index is 606. The Hall–Kier alpha value is -1.35. The Balaban J connectivity index is 2.07. The molecule has 1 saturated carbocycles. The Morgan fingerprint density at radius 2 is 2.11 bits per heavy atom. The van der Waals surface area contributed by atoms with Gasteiger partial charge >= 0.3 is 0 Å². The lowest BCUT2D eigenvalue weighted by molar-refractivity contribution is 0.488. The molecule has 3 rings (SSSR count). The minimum Gasteiger partial charge on any atom is -0.331 e. The molecule has 0 spiro atoms. The zero-order chi connectivity index (χ0) is 13.6. The molecule has 0 bridgehead atoms. The van der Waals surface area contributed by atoms with Crippen molar-refractivity contribution < 1.29 is 0 Å². The second-order valence-corrected chi connectivity index (χ2v) is 6.43. The predicted molar refractivity (Wildman–Crippen MR) is 79.4 cm³/mol. The molecule has 102 valence electrons. The van der Waals surface area contributed by atoms with Crippen LogP contribution < -0.4 is 5.73 Å². The maximum absolute atomic E-state index is 5.73. The predicted octanol–water partition coefficient (Wildman–Crippen LogP) is 3.08. The third-order valence-corrected chi connectivity index (χ3v) is 4.41. The molecule has 0 amide bonds. The van der Waals surface area contributed by atoms with Crippen molar-refractivity contribution in [3.8, 4) is 0 Å². The number of aromatic nitrogens is 2. The number of hydrogen-bond donors (Lipinski definition) is 1. The number of rotatable bonds is 4. The van der Waals surface area contributed by atoms with E-state index >= 15 is 0 Å². The molecule has 0 atom stereocenters. The van der Waals surface area contributed by atoms with Crippen molar-refractivity contribution in [2.24, 2.45) is 12.8 Å². The van der Waals surface area contributed by atoms with E-state index in [-0.39, 0.29) is 5.41 Å². The van der Waals surface area contributed by atoms with Crippen LogP contribution >= 0.6 is 0 Å². The van der Waals surface area contributed by atoms with E-state index in [2.05, 4.69) is 43.7 Å². The number of hydrogen-bond acceptors (Lipinski definition) is 2. The molecule has 0 unspecified atom stereocenters. The van der Waals surface area contributed by atoms with Gasteiger partial charge in [0.25, 0.3) is 0 Å². The van der Waals surface area contributed by atoms with Crippen LogP contribution in [0.25, 0.3) is 11.0 Å². The smallest absolute Gasteiger partial charge is 0.112 e. The zero-order valence-electron chi connectivity index (χ0n) is 12.1. The Morgan fingerprint density at radius 1 is 1.37 bits per heavy atom. The number of benzene rings is 1. The molecule has 0 saturated heterocycles. The highest BCUT2D eigenvalue weighted by Crippen LogP contribution is 2.40. The minimum atomic E-state index is 0.132. The Kier molecular flexibility index (Phi) is 2.90. The number of imidazole rings is 1. The summed E-state index contributed by atoms with van der Waals surface area (Å²) in [5.74, 6) is 1.95. The van der Waals surface area contributed by atoms with E-state index in [9.17, 15) is 0 Å². The van der Waals surface area contributed by atoms with E-state index in [1.54, 1.807) is 0 Å². The van der Waals surface area contributed by atoms with Crippen LogP contribution in [0.3, 0.4) is 0 Å². The minimum absolute atomic E-state index is 0.132. The average molecular weight is 257 g/mol. The molecule has 19 heavy (non-hydrogen) atoms. The summed E-state index contributed by atoms with van der Waals surface area (Å²) in [4.78, 5) is 4.78. The van der Waals surface area contributed by atoms with Crippen molar-refractivity contribution in [1.82, 2.24) is 9.55 Å². The van der Waals surface area contributed by atoms with Gasteiger partial charge in [-0.25, -0.2) is 4.98 Å². The SMILES string of the molecule is Cn1c(C2CC2)nc2ccc(C(C)(C)CCN)cc21. The summed E-state index contributed by atoms with van der Waals surface area (Å²) in [6.45, 7) is 5.25. The van der Waals surface area contributed by atoms with Gasteiger partial charge in [0.15, 0.2) is 0 Å². The number of nitrogens with two attached hydrogens (primary N) is 1. The molecule has 1 aromatic heterocycles. The number of aryl methyl sites for hydroxylation is 1. The van der Waals surface area contributed by atoms with Crippen LogP contribution in [0.15, 0.2) is 18.2 Å². The third-order valence-electron chi connectivity index (χ3n) is 4.41. The molecular formula is C16H23N3. The van der Waals surface area contributed by atoms with Crippen molar-refractivity contribution in [2.75, 3.05) is 6.54 Å². The highest BCUT2D eigenvalue weighted by molar-refractivity contribution is 5.77. The summed E-state index contributed by atoms with van der Waals surface area (Å²) < 4.78 is 2.27. The first-order valence-electron chi connectivity index (χ1n) is 7.20. The topological polar surface area (TPSA) is 43.8 Å². The van der Waals surface area contributed by atoms with E-state index in [0.29, 0.717) is 5.92 Å². The zero-order valence-corrected chi connectivity index (χ0v) is 12.1. The van der Waals surface area contributed by atoms with Crippen molar-refractivity contribution in [1.29, 1.82) is 0 Å². The van der Waals surface area contributed by atoms with E-state index in [1.807, 2.05) is 0 Å². The molecule has 2 N–H and O–H groups in total. The Labute approximate surface area is 114 Å². The lowest BCUT2D eigenvalue weighted by atomic mass is 9.81. The van der Waals surface area contributed by atoms with Gasteiger partial charge in [0.2, 0.25) is 0 Å². The van der Waals surface area contributed by atoms with Gasteiger partial charge in [0.1, 0.15) is 5.82 Å². The first-order chi connectivity index (χ1) is 9.03. The summed E-state index contributed by atoms with van der Waals surface area (Å²) in [5, 5.41) is 0.